The number of fused-ring (bicyclic) bond motifs is 1. The SMILES string of the molecule is CC(C)OC(=O)OC(C)OC(=O)[C@]1(CCCC[B]O)NC[C@@H]2NCC[C@@H]21. The summed E-state index contributed by atoms with van der Waals surface area (Å²) in [6, 6.07) is 0.245. The molecule has 147 valence electrons. The van der Waals surface area contributed by atoms with Gasteiger partial charge < -0.3 is 29.9 Å². The van der Waals surface area contributed by atoms with Crippen molar-refractivity contribution in [2.45, 2.75) is 76.7 Å². The van der Waals surface area contributed by atoms with Crippen LogP contribution in [0.4, 0.5) is 4.79 Å². The molecule has 2 aliphatic rings. The number of hydrogen-bond donors (Lipinski definition) is 3. The Hall–Kier alpha value is -1.32. The van der Waals surface area contributed by atoms with Gasteiger partial charge in [-0.25, -0.2) is 9.59 Å². The fraction of sp³-hybridized carbons (Fsp3) is 0.882. The van der Waals surface area contributed by atoms with E-state index in [1.54, 1.807) is 13.8 Å². The maximum Gasteiger partial charge on any atom is 0.511 e. The number of ether oxygens (including phenoxy) is 3. The van der Waals surface area contributed by atoms with Gasteiger partial charge in [-0.05, 0) is 33.2 Å². The van der Waals surface area contributed by atoms with Crippen molar-refractivity contribution in [3.05, 3.63) is 0 Å². The molecule has 2 fully saturated rings. The van der Waals surface area contributed by atoms with E-state index in [1.807, 2.05) is 0 Å². The Kier molecular flexibility index (Phi) is 7.73. The van der Waals surface area contributed by atoms with E-state index in [1.165, 1.54) is 6.92 Å². The van der Waals surface area contributed by atoms with Crippen LogP contribution in [-0.4, -0.2) is 61.7 Å². The maximum absolute atomic E-state index is 13.0. The molecule has 26 heavy (non-hydrogen) atoms. The molecule has 0 saturated carbocycles. The second kappa shape index (κ2) is 9.57. The molecule has 2 heterocycles. The van der Waals surface area contributed by atoms with Gasteiger partial charge in [0.05, 0.1) is 6.10 Å². The average molecular weight is 369 g/mol. The van der Waals surface area contributed by atoms with Crippen LogP contribution in [0.5, 0.6) is 0 Å². The Labute approximate surface area is 155 Å². The van der Waals surface area contributed by atoms with Crippen molar-refractivity contribution in [2.75, 3.05) is 13.1 Å². The normalized spacial score (nSPS) is 28.5. The monoisotopic (exact) mass is 369 g/mol. The summed E-state index contributed by atoms with van der Waals surface area (Å²) < 4.78 is 15.4. The van der Waals surface area contributed by atoms with Crippen molar-refractivity contribution in [1.29, 1.82) is 0 Å². The van der Waals surface area contributed by atoms with Crippen LogP contribution < -0.4 is 10.6 Å². The van der Waals surface area contributed by atoms with E-state index in [9.17, 15) is 9.59 Å². The molecule has 8 nitrogen and oxygen atoms in total. The molecule has 0 aromatic rings. The third-order valence-electron chi connectivity index (χ3n) is 5.00. The van der Waals surface area contributed by atoms with E-state index in [0.29, 0.717) is 19.3 Å². The lowest BCUT2D eigenvalue weighted by molar-refractivity contribution is -0.178. The second-order valence-corrected chi connectivity index (χ2v) is 7.24. The quantitative estimate of drug-likeness (QED) is 0.239. The van der Waals surface area contributed by atoms with Crippen molar-refractivity contribution >= 4 is 19.6 Å². The molecule has 0 bridgehead atoms. The lowest BCUT2D eigenvalue weighted by atomic mass is 9.78. The summed E-state index contributed by atoms with van der Waals surface area (Å²) in [4.78, 5) is 24.6. The smallest absolute Gasteiger partial charge is 0.454 e. The molecule has 2 rings (SSSR count). The van der Waals surface area contributed by atoms with E-state index in [-0.39, 0.29) is 18.1 Å². The van der Waals surface area contributed by atoms with Crippen molar-refractivity contribution in [1.82, 2.24) is 10.6 Å². The number of esters is 1. The largest absolute Gasteiger partial charge is 0.511 e. The minimum Gasteiger partial charge on any atom is -0.454 e. The van der Waals surface area contributed by atoms with Gasteiger partial charge in [0.15, 0.2) is 0 Å². The van der Waals surface area contributed by atoms with Gasteiger partial charge in [-0.2, -0.15) is 0 Å². The topological polar surface area (TPSA) is 106 Å². The van der Waals surface area contributed by atoms with Crippen LogP contribution in [0.25, 0.3) is 0 Å². The Bertz CT molecular complexity index is 492. The minimum absolute atomic E-state index is 0.142. The van der Waals surface area contributed by atoms with Crippen LogP contribution in [0.2, 0.25) is 6.32 Å². The first-order valence-corrected chi connectivity index (χ1v) is 9.41. The zero-order chi connectivity index (χ0) is 19.2. The van der Waals surface area contributed by atoms with Crippen LogP contribution in [0.1, 0.15) is 46.5 Å². The molecular weight excluding hydrogens is 339 g/mol. The standard InChI is InChI=1S/C17H30BN2O6/c1-11(2)24-16(22)26-12(3)25-15(21)17(7-4-5-8-18-23)13-6-9-19-14(13)10-20-17/h11-14,19-20,23H,4-10H2,1-3H3/t12?,13-,14-,17+/m0/s1. The Morgan fingerprint density at radius 3 is 2.69 bits per heavy atom. The molecule has 0 aliphatic carbocycles. The zero-order valence-corrected chi connectivity index (χ0v) is 15.8. The molecule has 0 aromatic heterocycles. The van der Waals surface area contributed by atoms with Gasteiger partial charge in [-0.15, -0.1) is 0 Å². The molecule has 4 atom stereocenters. The highest BCUT2D eigenvalue weighted by Crippen LogP contribution is 2.38. The van der Waals surface area contributed by atoms with Crippen LogP contribution in [0.3, 0.4) is 0 Å². The number of hydrogen-bond acceptors (Lipinski definition) is 8. The Morgan fingerprint density at radius 1 is 1.23 bits per heavy atom. The van der Waals surface area contributed by atoms with Gasteiger partial charge in [0.1, 0.15) is 5.54 Å². The summed E-state index contributed by atoms with van der Waals surface area (Å²) in [5.74, 6) is -0.255. The molecule has 3 N–H and O–H groups in total. The molecule has 2 aliphatic heterocycles. The van der Waals surface area contributed by atoms with Gasteiger partial charge in [0, 0.05) is 25.4 Å². The summed E-state index contributed by atoms with van der Waals surface area (Å²) in [6.45, 7) is 6.52. The van der Waals surface area contributed by atoms with E-state index < -0.39 is 24.0 Å². The number of carbonyl (C=O) groups is 2. The van der Waals surface area contributed by atoms with E-state index in [4.69, 9.17) is 19.2 Å². The number of carbonyl (C=O) groups excluding carboxylic acids is 2. The van der Waals surface area contributed by atoms with Crippen molar-refractivity contribution in [3.63, 3.8) is 0 Å². The fourth-order valence-electron chi connectivity index (χ4n) is 3.87. The Morgan fingerprint density at radius 2 is 2.00 bits per heavy atom. The molecule has 9 heteroatoms. The molecule has 0 spiro atoms. The van der Waals surface area contributed by atoms with Crippen molar-refractivity contribution in [3.8, 4) is 0 Å². The summed E-state index contributed by atoms with van der Waals surface area (Å²) >= 11 is 0. The van der Waals surface area contributed by atoms with Crippen LogP contribution in [0, 0.1) is 5.92 Å². The van der Waals surface area contributed by atoms with Gasteiger partial charge in [-0.3, -0.25) is 0 Å². The highest BCUT2D eigenvalue weighted by molar-refractivity contribution is 6.25. The Balaban J connectivity index is 1.98. The van der Waals surface area contributed by atoms with E-state index in [0.717, 1.165) is 33.3 Å². The van der Waals surface area contributed by atoms with Gasteiger partial charge in [-0.1, -0.05) is 19.2 Å². The molecule has 1 unspecified atom stereocenters. The van der Waals surface area contributed by atoms with Crippen LogP contribution in [0.15, 0.2) is 0 Å². The van der Waals surface area contributed by atoms with Gasteiger partial charge >= 0.3 is 12.1 Å². The minimum atomic E-state index is -1.02. The van der Waals surface area contributed by atoms with E-state index >= 15 is 0 Å². The molecule has 1 radical (unpaired) electrons. The van der Waals surface area contributed by atoms with Crippen molar-refractivity contribution in [2.24, 2.45) is 5.92 Å². The maximum atomic E-state index is 13.0. The molecule has 0 amide bonds. The first kappa shape index (κ1) is 21.0. The van der Waals surface area contributed by atoms with E-state index in [2.05, 4.69) is 10.6 Å². The van der Waals surface area contributed by atoms with Gasteiger partial charge in [0.2, 0.25) is 6.29 Å². The number of nitrogens with one attached hydrogen (secondary N) is 2. The van der Waals surface area contributed by atoms with Crippen LogP contribution in [-0.2, 0) is 19.0 Å². The van der Waals surface area contributed by atoms with Crippen LogP contribution >= 0.6 is 0 Å². The highest BCUT2D eigenvalue weighted by atomic mass is 16.8. The van der Waals surface area contributed by atoms with Gasteiger partial charge in [0.25, 0.3) is 7.48 Å². The summed E-state index contributed by atoms with van der Waals surface area (Å²) in [5, 5.41) is 15.6. The highest BCUT2D eigenvalue weighted by Gasteiger charge is 2.55. The fourth-order valence-corrected chi connectivity index (χ4v) is 3.87. The van der Waals surface area contributed by atoms with Crippen molar-refractivity contribution < 1.29 is 28.8 Å². The lowest BCUT2D eigenvalue weighted by Crippen LogP contribution is -2.54. The molecular formula is C17H30BN2O6. The lowest BCUT2D eigenvalue weighted by Gasteiger charge is -2.33. The summed E-state index contributed by atoms with van der Waals surface area (Å²) in [6.07, 6.45) is 1.51. The first-order chi connectivity index (χ1) is 12.4. The predicted octanol–water partition coefficient (Wildman–Crippen LogP) is 0.957. The predicted molar refractivity (Wildman–Crippen MR) is 95.5 cm³/mol. The zero-order valence-electron chi connectivity index (χ0n) is 15.8. The third-order valence-corrected chi connectivity index (χ3v) is 5.00. The molecule has 2 saturated heterocycles. The average Bonchev–Trinajstić information content (AvgIpc) is 3.14. The molecule has 0 aromatic carbocycles. The second-order valence-electron chi connectivity index (χ2n) is 7.24. The summed E-state index contributed by atoms with van der Waals surface area (Å²) in [7, 11) is 1.14. The third kappa shape index (κ3) is 5.11. The number of rotatable bonds is 9. The summed E-state index contributed by atoms with van der Waals surface area (Å²) in [5.41, 5.74) is -0.788. The number of unbranched alkanes of at least 4 members (excludes halogenated alkanes) is 1. The first-order valence-electron chi connectivity index (χ1n) is 9.41.